The minimum atomic E-state index is -1.34. The van der Waals surface area contributed by atoms with Gasteiger partial charge in [0, 0.05) is 23.6 Å². The number of amides is 2. The van der Waals surface area contributed by atoms with Crippen LogP contribution in [0.4, 0.5) is 5.13 Å². The molecule has 2 atom stereocenters. The fourth-order valence-electron chi connectivity index (χ4n) is 2.80. The van der Waals surface area contributed by atoms with Crippen LogP contribution in [0.5, 0.6) is 0 Å². The minimum absolute atomic E-state index is 0.0437. The predicted molar refractivity (Wildman–Crippen MR) is 101 cm³/mol. The first kappa shape index (κ1) is 20.6. The van der Waals surface area contributed by atoms with Crippen LogP contribution in [0.3, 0.4) is 0 Å². The second-order valence-corrected chi connectivity index (χ2v) is 7.91. The molecular weight excluding hydrogens is 426 g/mol. The number of ether oxygens (including phenoxy) is 1. The van der Waals surface area contributed by atoms with E-state index in [4.69, 9.17) is 15.7 Å². The number of aromatic nitrogens is 1. The van der Waals surface area contributed by atoms with Gasteiger partial charge in [-0.25, -0.2) is 9.78 Å². The maximum absolute atomic E-state index is 12.5. The highest BCUT2D eigenvalue weighted by molar-refractivity contribution is 8.00. The van der Waals surface area contributed by atoms with Crippen molar-refractivity contribution in [2.45, 2.75) is 18.3 Å². The Bertz CT molecular complexity index is 957. The number of carbonyl (C=O) groups excluding carboxylic acids is 3. The summed E-state index contributed by atoms with van der Waals surface area (Å²) < 4.78 is 4.85. The number of nitrogens with two attached hydrogens (primary N) is 1. The van der Waals surface area contributed by atoms with Crippen molar-refractivity contribution in [1.82, 2.24) is 15.2 Å². The topological polar surface area (TPSA) is 185 Å². The van der Waals surface area contributed by atoms with E-state index in [9.17, 15) is 24.3 Å². The first-order valence-corrected chi connectivity index (χ1v) is 9.95. The van der Waals surface area contributed by atoms with Gasteiger partial charge in [0.05, 0.1) is 0 Å². The molecule has 0 spiro atoms. The SMILES string of the molecule is CC(=O)OCC1=C(C(=O)O)N2C(=O)C(NC(=O)/C(=N/O)c3csc(N)n3)C2SC1. The van der Waals surface area contributed by atoms with Crippen molar-refractivity contribution in [3.05, 3.63) is 22.3 Å². The number of rotatable bonds is 6. The van der Waals surface area contributed by atoms with Gasteiger partial charge < -0.3 is 26.1 Å². The minimum Gasteiger partial charge on any atom is -0.477 e. The number of carboxylic acids is 1. The van der Waals surface area contributed by atoms with Crippen LogP contribution in [0.25, 0.3) is 0 Å². The van der Waals surface area contributed by atoms with Gasteiger partial charge in [0.25, 0.3) is 11.8 Å². The molecule has 1 saturated heterocycles. The van der Waals surface area contributed by atoms with Crippen molar-refractivity contribution in [1.29, 1.82) is 0 Å². The maximum Gasteiger partial charge on any atom is 0.352 e. The van der Waals surface area contributed by atoms with Crippen molar-refractivity contribution in [2.24, 2.45) is 5.16 Å². The summed E-state index contributed by atoms with van der Waals surface area (Å²) in [6, 6.07) is -1.02. The number of hydrogen-bond acceptors (Lipinski definition) is 11. The number of nitrogen functional groups attached to an aromatic ring is 1. The third kappa shape index (κ3) is 3.88. The molecule has 154 valence electrons. The number of thioether (sulfide) groups is 1. The second-order valence-electron chi connectivity index (χ2n) is 5.92. The normalized spacial score (nSPS) is 21.3. The summed E-state index contributed by atoms with van der Waals surface area (Å²) in [6.45, 7) is 0.945. The molecule has 2 aliphatic rings. The molecule has 0 aliphatic carbocycles. The Hall–Kier alpha value is -3.13. The highest BCUT2D eigenvalue weighted by atomic mass is 32.2. The van der Waals surface area contributed by atoms with Crippen LogP contribution in [0.2, 0.25) is 0 Å². The number of nitrogens with zero attached hydrogens (tertiary/aromatic N) is 3. The molecule has 0 aromatic carbocycles. The standard InChI is InChI=1S/C15H15N5O7S2/c1-5(21)27-2-6-3-28-13-9(12(23)20(13)10(6)14(24)25)18-11(22)8(19-26)7-4-29-15(16)17-7/h4,9,13,26H,2-3H2,1H3,(H2,16,17)(H,18,22)(H,24,25)/b19-8+. The van der Waals surface area contributed by atoms with E-state index in [2.05, 4.69) is 15.5 Å². The fraction of sp³-hybridized carbons (Fsp3) is 0.333. The van der Waals surface area contributed by atoms with E-state index in [1.165, 1.54) is 24.1 Å². The summed E-state index contributed by atoms with van der Waals surface area (Å²) in [5, 5.41) is 24.9. The van der Waals surface area contributed by atoms with Crippen LogP contribution >= 0.6 is 23.1 Å². The summed E-state index contributed by atoms with van der Waals surface area (Å²) in [4.78, 5) is 52.5. The molecule has 2 amide bonds. The van der Waals surface area contributed by atoms with Gasteiger partial charge in [-0.15, -0.1) is 23.1 Å². The molecule has 0 saturated carbocycles. The number of anilines is 1. The average molecular weight is 441 g/mol. The molecule has 29 heavy (non-hydrogen) atoms. The number of β-lactam (4-membered cyclic amide) rings is 1. The maximum atomic E-state index is 12.5. The molecule has 14 heteroatoms. The lowest BCUT2D eigenvalue weighted by atomic mass is 10.0. The Morgan fingerprint density at radius 3 is 2.76 bits per heavy atom. The van der Waals surface area contributed by atoms with Crippen LogP contribution < -0.4 is 11.1 Å². The van der Waals surface area contributed by atoms with Crippen molar-refractivity contribution >= 4 is 57.7 Å². The Kier molecular flexibility index (Phi) is 5.74. The molecule has 0 radical (unpaired) electrons. The highest BCUT2D eigenvalue weighted by Crippen LogP contribution is 2.40. The van der Waals surface area contributed by atoms with E-state index in [0.29, 0.717) is 0 Å². The van der Waals surface area contributed by atoms with Crippen LogP contribution in [-0.2, 0) is 23.9 Å². The molecule has 5 N–H and O–H groups in total. The van der Waals surface area contributed by atoms with Crippen LogP contribution in [0.1, 0.15) is 12.6 Å². The zero-order valence-electron chi connectivity index (χ0n) is 14.8. The molecule has 3 rings (SSSR count). The zero-order chi connectivity index (χ0) is 21.3. The lowest BCUT2D eigenvalue weighted by molar-refractivity contribution is -0.150. The average Bonchev–Trinajstić information content (AvgIpc) is 3.09. The Balaban J connectivity index is 1.76. The van der Waals surface area contributed by atoms with Crippen LogP contribution in [-0.4, -0.2) is 73.4 Å². The molecule has 3 heterocycles. The van der Waals surface area contributed by atoms with Crippen LogP contribution in [0.15, 0.2) is 21.8 Å². The number of nitrogens with one attached hydrogen (secondary N) is 1. The number of thiazole rings is 1. The lowest BCUT2D eigenvalue weighted by Crippen LogP contribution is -2.71. The molecule has 1 fully saturated rings. The van der Waals surface area contributed by atoms with Gasteiger partial charge in [-0.1, -0.05) is 5.16 Å². The summed E-state index contributed by atoms with van der Waals surface area (Å²) >= 11 is 2.25. The first-order chi connectivity index (χ1) is 13.7. The van der Waals surface area contributed by atoms with Gasteiger partial charge >= 0.3 is 11.9 Å². The molecule has 1 aromatic rings. The Morgan fingerprint density at radius 2 is 2.21 bits per heavy atom. The van der Waals surface area contributed by atoms with Gasteiger partial charge in [-0.3, -0.25) is 19.3 Å². The summed E-state index contributed by atoms with van der Waals surface area (Å²) in [6.07, 6.45) is 0. The van der Waals surface area contributed by atoms with Crippen molar-refractivity contribution in [3.8, 4) is 0 Å². The van der Waals surface area contributed by atoms with Gasteiger partial charge in [0.15, 0.2) is 10.8 Å². The van der Waals surface area contributed by atoms with Gasteiger partial charge in [-0.05, 0) is 0 Å². The molecule has 2 unspecified atom stereocenters. The Morgan fingerprint density at radius 1 is 1.48 bits per heavy atom. The fourth-order valence-corrected chi connectivity index (χ4v) is 4.68. The highest BCUT2D eigenvalue weighted by Gasteiger charge is 2.54. The number of aliphatic carboxylic acids is 1. The summed E-state index contributed by atoms with van der Waals surface area (Å²) in [7, 11) is 0. The number of oxime groups is 1. The molecule has 12 nitrogen and oxygen atoms in total. The van der Waals surface area contributed by atoms with E-state index >= 15 is 0 Å². The van der Waals surface area contributed by atoms with Crippen LogP contribution in [0, 0.1) is 0 Å². The molecule has 1 aromatic heterocycles. The van der Waals surface area contributed by atoms with E-state index in [-0.39, 0.29) is 34.5 Å². The molecule has 0 bridgehead atoms. The molecular formula is C15H15N5O7S2. The second kappa shape index (κ2) is 8.08. The number of esters is 1. The Labute approximate surface area is 171 Å². The van der Waals surface area contributed by atoms with E-state index < -0.39 is 40.9 Å². The number of carbonyl (C=O) groups is 4. The van der Waals surface area contributed by atoms with Crippen molar-refractivity contribution < 1.29 is 34.2 Å². The van der Waals surface area contributed by atoms with Crippen molar-refractivity contribution in [2.75, 3.05) is 18.1 Å². The third-order valence-corrected chi connectivity index (χ3v) is 6.08. The zero-order valence-corrected chi connectivity index (χ0v) is 16.5. The monoisotopic (exact) mass is 441 g/mol. The van der Waals surface area contributed by atoms with Gasteiger partial charge in [0.1, 0.15) is 29.4 Å². The quantitative estimate of drug-likeness (QED) is 0.143. The van der Waals surface area contributed by atoms with Crippen molar-refractivity contribution in [3.63, 3.8) is 0 Å². The first-order valence-electron chi connectivity index (χ1n) is 8.02. The molecule has 2 aliphatic heterocycles. The lowest BCUT2D eigenvalue weighted by Gasteiger charge is -2.49. The predicted octanol–water partition coefficient (Wildman–Crippen LogP) is -0.795. The number of hydrogen-bond donors (Lipinski definition) is 4. The third-order valence-electron chi connectivity index (χ3n) is 4.07. The van der Waals surface area contributed by atoms with Gasteiger partial charge in [-0.2, -0.15) is 0 Å². The van der Waals surface area contributed by atoms with E-state index in [1.807, 2.05) is 0 Å². The summed E-state index contributed by atoms with van der Waals surface area (Å²) in [5.41, 5.74) is 5.13. The number of fused-ring (bicyclic) bond motifs is 1. The van der Waals surface area contributed by atoms with E-state index in [1.54, 1.807) is 0 Å². The largest absolute Gasteiger partial charge is 0.477 e. The van der Waals surface area contributed by atoms with E-state index in [0.717, 1.165) is 16.2 Å². The number of carboxylic acid groups (broad SMARTS) is 1. The summed E-state index contributed by atoms with van der Waals surface area (Å²) in [5.74, 6) is -3.23. The van der Waals surface area contributed by atoms with Gasteiger partial charge in [0.2, 0.25) is 0 Å². The smallest absolute Gasteiger partial charge is 0.352 e.